The van der Waals surface area contributed by atoms with Crippen LogP contribution < -0.4 is 0 Å². The SMILES string of the molecule is CCC#CCCCC(=O)O. The third kappa shape index (κ3) is 7.03. The molecule has 0 aromatic rings. The molecule has 0 heterocycles. The monoisotopic (exact) mass is 140 g/mol. The van der Waals surface area contributed by atoms with E-state index in [-0.39, 0.29) is 6.42 Å². The van der Waals surface area contributed by atoms with Gasteiger partial charge in [0.1, 0.15) is 0 Å². The van der Waals surface area contributed by atoms with Crippen LogP contribution in [0.4, 0.5) is 0 Å². The predicted molar refractivity (Wildman–Crippen MR) is 39.6 cm³/mol. The highest BCUT2D eigenvalue weighted by atomic mass is 16.4. The number of hydrogen-bond donors (Lipinski definition) is 1. The summed E-state index contributed by atoms with van der Waals surface area (Å²) in [6.07, 6.45) is 2.47. The van der Waals surface area contributed by atoms with Crippen LogP contribution >= 0.6 is 0 Å². The molecular formula is C8H12O2. The topological polar surface area (TPSA) is 37.3 Å². The Morgan fingerprint density at radius 1 is 1.50 bits per heavy atom. The molecule has 0 amide bonds. The number of aliphatic carboxylic acids is 1. The van der Waals surface area contributed by atoms with Crippen molar-refractivity contribution in [1.29, 1.82) is 0 Å². The van der Waals surface area contributed by atoms with Crippen molar-refractivity contribution in [3.63, 3.8) is 0 Å². The Balaban J connectivity index is 3.13. The first-order chi connectivity index (χ1) is 4.77. The minimum atomic E-state index is -0.738. The Bertz CT molecular complexity index is 150. The molecule has 0 atom stereocenters. The molecule has 0 aliphatic rings. The number of carbonyl (C=O) groups is 1. The average molecular weight is 140 g/mol. The largest absolute Gasteiger partial charge is 0.481 e. The second kappa shape index (κ2) is 6.15. The van der Waals surface area contributed by atoms with Crippen molar-refractivity contribution in [2.75, 3.05) is 0 Å². The maximum atomic E-state index is 9.98. The van der Waals surface area contributed by atoms with Crippen molar-refractivity contribution < 1.29 is 9.90 Å². The van der Waals surface area contributed by atoms with E-state index < -0.39 is 5.97 Å². The van der Waals surface area contributed by atoms with Crippen LogP contribution in [0.25, 0.3) is 0 Å². The van der Waals surface area contributed by atoms with Gasteiger partial charge in [0.2, 0.25) is 0 Å². The van der Waals surface area contributed by atoms with Crippen molar-refractivity contribution in [3.8, 4) is 11.8 Å². The minimum absolute atomic E-state index is 0.235. The molecule has 0 aliphatic heterocycles. The molecule has 10 heavy (non-hydrogen) atoms. The van der Waals surface area contributed by atoms with Crippen LogP contribution in [0.2, 0.25) is 0 Å². The van der Waals surface area contributed by atoms with Crippen molar-refractivity contribution >= 4 is 5.97 Å². The van der Waals surface area contributed by atoms with E-state index in [2.05, 4.69) is 11.8 Å². The Morgan fingerprint density at radius 2 is 2.20 bits per heavy atom. The summed E-state index contributed by atoms with van der Waals surface area (Å²) in [5, 5.41) is 8.22. The van der Waals surface area contributed by atoms with Gasteiger partial charge >= 0.3 is 5.97 Å². The van der Waals surface area contributed by atoms with Gasteiger partial charge in [-0.3, -0.25) is 4.79 Å². The molecule has 0 rings (SSSR count). The fourth-order valence-corrected chi connectivity index (χ4v) is 0.541. The standard InChI is InChI=1S/C8H12O2/c1-2-3-4-5-6-7-8(9)10/h2,5-7H2,1H3,(H,9,10). The van der Waals surface area contributed by atoms with E-state index in [0.29, 0.717) is 12.8 Å². The van der Waals surface area contributed by atoms with E-state index in [1.807, 2.05) is 6.92 Å². The number of unbranched alkanes of at least 4 members (excludes halogenated alkanes) is 1. The normalized spacial score (nSPS) is 8.10. The molecule has 0 saturated carbocycles. The van der Waals surface area contributed by atoms with Crippen molar-refractivity contribution in [2.45, 2.75) is 32.6 Å². The fourth-order valence-electron chi connectivity index (χ4n) is 0.541. The molecule has 0 aromatic heterocycles. The molecule has 2 nitrogen and oxygen atoms in total. The van der Waals surface area contributed by atoms with Crippen LogP contribution in [0.3, 0.4) is 0 Å². The van der Waals surface area contributed by atoms with E-state index in [4.69, 9.17) is 5.11 Å². The number of rotatable bonds is 3. The summed E-state index contributed by atoms with van der Waals surface area (Å²) >= 11 is 0. The number of carboxylic acid groups (broad SMARTS) is 1. The van der Waals surface area contributed by atoms with Crippen LogP contribution in [-0.2, 0) is 4.79 Å². The van der Waals surface area contributed by atoms with Crippen LogP contribution in [-0.4, -0.2) is 11.1 Å². The summed E-state index contributed by atoms with van der Waals surface area (Å²) in [4.78, 5) is 9.98. The Hall–Kier alpha value is -0.970. The highest BCUT2D eigenvalue weighted by molar-refractivity contribution is 5.66. The van der Waals surface area contributed by atoms with Gasteiger partial charge in [-0.2, -0.15) is 0 Å². The first-order valence-corrected chi connectivity index (χ1v) is 3.45. The number of hydrogen-bond acceptors (Lipinski definition) is 1. The van der Waals surface area contributed by atoms with E-state index >= 15 is 0 Å². The third-order valence-electron chi connectivity index (χ3n) is 0.994. The molecule has 56 valence electrons. The Labute approximate surface area is 61.2 Å². The second-order valence-electron chi connectivity index (χ2n) is 1.95. The van der Waals surface area contributed by atoms with Gasteiger partial charge in [-0.15, -0.1) is 11.8 Å². The Morgan fingerprint density at radius 3 is 2.70 bits per heavy atom. The second-order valence-corrected chi connectivity index (χ2v) is 1.95. The molecule has 0 radical (unpaired) electrons. The first kappa shape index (κ1) is 9.03. The molecule has 0 spiro atoms. The van der Waals surface area contributed by atoms with Gasteiger partial charge in [0, 0.05) is 19.3 Å². The third-order valence-corrected chi connectivity index (χ3v) is 0.994. The molecule has 0 aromatic carbocycles. The van der Waals surface area contributed by atoms with Crippen molar-refractivity contribution in [3.05, 3.63) is 0 Å². The predicted octanol–water partition coefficient (Wildman–Crippen LogP) is 1.65. The van der Waals surface area contributed by atoms with Crippen molar-refractivity contribution in [1.82, 2.24) is 0 Å². The van der Waals surface area contributed by atoms with Gasteiger partial charge in [-0.1, -0.05) is 6.92 Å². The Kier molecular flexibility index (Phi) is 5.56. The summed E-state index contributed by atoms with van der Waals surface area (Å²) in [6.45, 7) is 1.98. The maximum Gasteiger partial charge on any atom is 0.303 e. The summed E-state index contributed by atoms with van der Waals surface area (Å²) in [5.74, 6) is 5.02. The average Bonchev–Trinajstić information content (AvgIpc) is 1.87. The molecule has 0 bridgehead atoms. The van der Waals surface area contributed by atoms with Crippen LogP contribution in [0, 0.1) is 11.8 Å². The van der Waals surface area contributed by atoms with Gasteiger partial charge in [0.15, 0.2) is 0 Å². The molecule has 0 saturated heterocycles. The first-order valence-electron chi connectivity index (χ1n) is 3.45. The molecular weight excluding hydrogens is 128 g/mol. The van der Waals surface area contributed by atoms with Gasteiger partial charge in [-0.25, -0.2) is 0 Å². The van der Waals surface area contributed by atoms with Gasteiger partial charge < -0.3 is 5.11 Å². The van der Waals surface area contributed by atoms with Gasteiger partial charge in [0.25, 0.3) is 0 Å². The van der Waals surface area contributed by atoms with E-state index in [0.717, 1.165) is 6.42 Å². The maximum absolute atomic E-state index is 9.98. The van der Waals surface area contributed by atoms with E-state index in [9.17, 15) is 4.79 Å². The zero-order chi connectivity index (χ0) is 7.82. The molecule has 0 unspecified atom stereocenters. The van der Waals surface area contributed by atoms with Gasteiger partial charge in [-0.05, 0) is 6.42 Å². The van der Waals surface area contributed by atoms with Crippen molar-refractivity contribution in [2.24, 2.45) is 0 Å². The van der Waals surface area contributed by atoms with Crippen LogP contribution in [0.15, 0.2) is 0 Å². The molecule has 2 heteroatoms. The zero-order valence-corrected chi connectivity index (χ0v) is 6.18. The molecule has 0 fully saturated rings. The minimum Gasteiger partial charge on any atom is -0.481 e. The van der Waals surface area contributed by atoms with E-state index in [1.54, 1.807) is 0 Å². The van der Waals surface area contributed by atoms with Crippen LogP contribution in [0.1, 0.15) is 32.6 Å². The lowest BCUT2D eigenvalue weighted by atomic mass is 10.2. The quantitative estimate of drug-likeness (QED) is 0.478. The highest BCUT2D eigenvalue weighted by Crippen LogP contribution is 1.92. The molecule has 1 N–H and O–H groups in total. The molecule has 0 aliphatic carbocycles. The van der Waals surface area contributed by atoms with Gasteiger partial charge in [0.05, 0.1) is 0 Å². The zero-order valence-electron chi connectivity index (χ0n) is 6.18. The summed E-state index contributed by atoms with van der Waals surface area (Å²) in [5.41, 5.74) is 0. The number of carboxylic acids is 1. The lowest BCUT2D eigenvalue weighted by Crippen LogP contribution is -1.92. The lowest BCUT2D eigenvalue weighted by molar-refractivity contribution is -0.137. The fraction of sp³-hybridized carbons (Fsp3) is 0.625. The lowest BCUT2D eigenvalue weighted by Gasteiger charge is -1.86. The summed E-state index contributed by atoms with van der Waals surface area (Å²) in [7, 11) is 0. The highest BCUT2D eigenvalue weighted by Gasteiger charge is 1.92. The summed E-state index contributed by atoms with van der Waals surface area (Å²) in [6, 6.07) is 0. The smallest absolute Gasteiger partial charge is 0.303 e. The van der Waals surface area contributed by atoms with E-state index in [1.165, 1.54) is 0 Å². The van der Waals surface area contributed by atoms with Crippen LogP contribution in [0.5, 0.6) is 0 Å². The summed E-state index contributed by atoms with van der Waals surface area (Å²) < 4.78 is 0.